The van der Waals surface area contributed by atoms with Gasteiger partial charge >= 0.3 is 0 Å². The van der Waals surface area contributed by atoms with Crippen LogP contribution >= 0.6 is 0 Å². The lowest BCUT2D eigenvalue weighted by Crippen LogP contribution is -2.30. The van der Waals surface area contributed by atoms with Gasteiger partial charge in [0.25, 0.3) is 0 Å². The zero-order valence-corrected chi connectivity index (χ0v) is 9.62. The van der Waals surface area contributed by atoms with Crippen LogP contribution in [0, 0.1) is 17.2 Å². The van der Waals surface area contributed by atoms with Crippen LogP contribution in [0.5, 0.6) is 0 Å². The Kier molecular flexibility index (Phi) is 4.33. The molecule has 2 heteroatoms. The lowest BCUT2D eigenvalue weighted by molar-refractivity contribution is 0.426. The first-order chi connectivity index (χ1) is 7.13. The smallest absolute Gasteiger partial charge is 0.0991 e. The summed E-state index contributed by atoms with van der Waals surface area (Å²) >= 11 is 0. The van der Waals surface area contributed by atoms with Crippen LogP contribution in [0.4, 0.5) is 0 Å². The molecule has 0 aliphatic carbocycles. The Balaban J connectivity index is 2.55. The fourth-order valence-corrected chi connectivity index (χ4v) is 1.27. The lowest BCUT2D eigenvalue weighted by atomic mass is 10.1. The molecule has 0 radical (unpaired) electrons. The van der Waals surface area contributed by atoms with E-state index in [2.05, 4.69) is 32.2 Å². The number of hydrogen-bond donors (Lipinski definition) is 1. The third-order valence-electron chi connectivity index (χ3n) is 2.68. The number of nitrogens with zero attached hydrogens (tertiary/aromatic N) is 1. The van der Waals surface area contributed by atoms with Crippen molar-refractivity contribution in [3.63, 3.8) is 0 Å². The van der Waals surface area contributed by atoms with Crippen LogP contribution in [0.15, 0.2) is 24.3 Å². The van der Waals surface area contributed by atoms with Crippen molar-refractivity contribution in [3.05, 3.63) is 35.4 Å². The Morgan fingerprint density at radius 1 is 1.33 bits per heavy atom. The summed E-state index contributed by atoms with van der Waals surface area (Å²) in [6, 6.07) is 10.4. The largest absolute Gasteiger partial charge is 0.310 e. The molecule has 0 bridgehead atoms. The predicted octanol–water partition coefficient (Wildman–Crippen LogP) is 2.69. The number of nitrogens with one attached hydrogen (secondary N) is 1. The van der Waals surface area contributed by atoms with Gasteiger partial charge in [0.2, 0.25) is 0 Å². The Bertz CT molecular complexity index is 350. The van der Waals surface area contributed by atoms with Crippen LogP contribution in [0.2, 0.25) is 0 Å². The quantitative estimate of drug-likeness (QED) is 0.814. The van der Waals surface area contributed by atoms with Gasteiger partial charge < -0.3 is 5.32 Å². The van der Waals surface area contributed by atoms with Gasteiger partial charge in [0.05, 0.1) is 11.6 Å². The van der Waals surface area contributed by atoms with Crippen molar-refractivity contribution in [1.29, 1.82) is 5.26 Å². The van der Waals surface area contributed by atoms with E-state index in [9.17, 15) is 0 Å². The van der Waals surface area contributed by atoms with E-state index in [4.69, 9.17) is 5.26 Å². The van der Waals surface area contributed by atoms with Crippen LogP contribution in [0.3, 0.4) is 0 Å². The molecule has 0 amide bonds. The monoisotopic (exact) mass is 202 g/mol. The van der Waals surface area contributed by atoms with E-state index in [1.54, 1.807) is 0 Å². The third kappa shape index (κ3) is 3.73. The van der Waals surface area contributed by atoms with Gasteiger partial charge in [-0.3, -0.25) is 0 Å². The van der Waals surface area contributed by atoms with Crippen molar-refractivity contribution in [2.75, 3.05) is 0 Å². The molecule has 0 fully saturated rings. The van der Waals surface area contributed by atoms with Crippen LogP contribution in [0.1, 0.15) is 31.9 Å². The molecule has 1 aromatic carbocycles. The Morgan fingerprint density at radius 3 is 2.67 bits per heavy atom. The number of hydrogen-bond acceptors (Lipinski definition) is 2. The molecule has 1 N–H and O–H groups in total. The lowest BCUT2D eigenvalue weighted by Gasteiger charge is -2.17. The molecule has 0 unspecified atom stereocenters. The van der Waals surface area contributed by atoms with Crippen molar-refractivity contribution in [3.8, 4) is 6.07 Å². The zero-order chi connectivity index (χ0) is 11.3. The summed E-state index contributed by atoms with van der Waals surface area (Å²) in [7, 11) is 0. The second kappa shape index (κ2) is 5.53. The molecule has 2 nitrogen and oxygen atoms in total. The summed E-state index contributed by atoms with van der Waals surface area (Å²) in [6.45, 7) is 7.40. The van der Waals surface area contributed by atoms with Crippen molar-refractivity contribution < 1.29 is 0 Å². The molecule has 0 spiro atoms. The maximum atomic E-state index is 8.76. The van der Waals surface area contributed by atoms with E-state index in [0.717, 1.165) is 12.1 Å². The van der Waals surface area contributed by atoms with Gasteiger partial charge in [-0.25, -0.2) is 0 Å². The molecule has 1 rings (SSSR count). The van der Waals surface area contributed by atoms with Gasteiger partial charge in [0.15, 0.2) is 0 Å². The minimum absolute atomic E-state index is 0.496. The SMILES string of the molecule is CC(C)[C@@H](C)NCc1cccc(C#N)c1. The minimum Gasteiger partial charge on any atom is -0.310 e. The molecular formula is C13H18N2. The van der Waals surface area contributed by atoms with Crippen molar-refractivity contribution >= 4 is 0 Å². The van der Waals surface area contributed by atoms with Gasteiger partial charge in [-0.1, -0.05) is 26.0 Å². The minimum atomic E-state index is 0.496. The highest BCUT2D eigenvalue weighted by Crippen LogP contribution is 2.06. The van der Waals surface area contributed by atoms with E-state index in [-0.39, 0.29) is 0 Å². The molecular weight excluding hydrogens is 184 g/mol. The standard InChI is InChI=1S/C13H18N2/c1-10(2)11(3)15-9-13-6-4-5-12(7-13)8-14/h4-7,10-11,15H,9H2,1-3H3/t11-/m1/s1. The Morgan fingerprint density at radius 2 is 2.07 bits per heavy atom. The molecule has 0 aliphatic heterocycles. The molecule has 0 saturated heterocycles. The average Bonchev–Trinajstić information content (AvgIpc) is 2.26. The molecule has 80 valence electrons. The summed E-state index contributed by atoms with van der Waals surface area (Å²) in [5.74, 6) is 0.629. The normalized spacial score (nSPS) is 12.5. The van der Waals surface area contributed by atoms with Crippen molar-refractivity contribution in [2.24, 2.45) is 5.92 Å². The first kappa shape index (κ1) is 11.7. The highest BCUT2D eigenvalue weighted by atomic mass is 14.9. The second-order valence-electron chi connectivity index (χ2n) is 4.23. The van der Waals surface area contributed by atoms with Crippen molar-refractivity contribution in [2.45, 2.75) is 33.4 Å². The summed E-state index contributed by atoms with van der Waals surface area (Å²) in [6.07, 6.45) is 0. The fourth-order valence-electron chi connectivity index (χ4n) is 1.27. The maximum Gasteiger partial charge on any atom is 0.0991 e. The average molecular weight is 202 g/mol. The second-order valence-corrected chi connectivity index (χ2v) is 4.23. The number of rotatable bonds is 4. The van der Waals surface area contributed by atoms with Crippen LogP contribution in [-0.2, 0) is 6.54 Å². The molecule has 0 aliphatic rings. The third-order valence-corrected chi connectivity index (χ3v) is 2.68. The summed E-state index contributed by atoms with van der Waals surface area (Å²) in [4.78, 5) is 0. The van der Waals surface area contributed by atoms with E-state index in [0.29, 0.717) is 12.0 Å². The van der Waals surface area contributed by atoms with Crippen molar-refractivity contribution in [1.82, 2.24) is 5.32 Å². The van der Waals surface area contributed by atoms with E-state index < -0.39 is 0 Å². The van der Waals surface area contributed by atoms with Crippen LogP contribution < -0.4 is 5.32 Å². The van der Waals surface area contributed by atoms with E-state index in [1.165, 1.54) is 5.56 Å². The molecule has 0 saturated carbocycles. The van der Waals surface area contributed by atoms with E-state index in [1.807, 2.05) is 24.3 Å². The first-order valence-corrected chi connectivity index (χ1v) is 5.36. The Labute approximate surface area is 91.9 Å². The fraction of sp³-hybridized carbons (Fsp3) is 0.462. The van der Waals surface area contributed by atoms with Gasteiger partial charge in [-0.05, 0) is 30.5 Å². The molecule has 1 aromatic rings. The summed E-state index contributed by atoms with van der Waals surface area (Å²) < 4.78 is 0. The molecule has 0 aromatic heterocycles. The van der Waals surface area contributed by atoms with Gasteiger partial charge in [-0.2, -0.15) is 5.26 Å². The topological polar surface area (TPSA) is 35.8 Å². The highest BCUT2D eigenvalue weighted by Gasteiger charge is 2.05. The number of benzene rings is 1. The van der Waals surface area contributed by atoms with Crippen LogP contribution in [-0.4, -0.2) is 6.04 Å². The first-order valence-electron chi connectivity index (χ1n) is 5.36. The predicted molar refractivity (Wildman–Crippen MR) is 62.3 cm³/mol. The van der Waals surface area contributed by atoms with E-state index >= 15 is 0 Å². The Hall–Kier alpha value is -1.33. The summed E-state index contributed by atoms with van der Waals surface area (Å²) in [5.41, 5.74) is 1.90. The van der Waals surface area contributed by atoms with Gasteiger partial charge in [0, 0.05) is 12.6 Å². The molecule has 1 atom stereocenters. The number of nitriles is 1. The molecule has 15 heavy (non-hydrogen) atoms. The maximum absolute atomic E-state index is 8.76. The van der Waals surface area contributed by atoms with Crippen LogP contribution in [0.25, 0.3) is 0 Å². The van der Waals surface area contributed by atoms with Gasteiger partial charge in [0.1, 0.15) is 0 Å². The highest BCUT2D eigenvalue weighted by molar-refractivity contribution is 5.32. The van der Waals surface area contributed by atoms with Gasteiger partial charge in [-0.15, -0.1) is 0 Å². The summed E-state index contributed by atoms with van der Waals surface area (Å²) in [5, 5.41) is 12.2. The molecule has 0 heterocycles. The zero-order valence-electron chi connectivity index (χ0n) is 9.62.